The van der Waals surface area contributed by atoms with Gasteiger partial charge in [0.25, 0.3) is 0 Å². The van der Waals surface area contributed by atoms with Crippen molar-refractivity contribution >= 4 is 0 Å². The van der Waals surface area contributed by atoms with Crippen LogP contribution in [0.25, 0.3) is 0 Å². The second kappa shape index (κ2) is 17.7. The van der Waals surface area contributed by atoms with Crippen LogP contribution >= 0.6 is 0 Å². The Kier molecular flexibility index (Phi) is 137. The van der Waals surface area contributed by atoms with E-state index in [1.807, 2.05) is 0 Å². The van der Waals surface area contributed by atoms with Crippen LogP contribution < -0.4 is 0 Å². The first-order valence-corrected chi connectivity index (χ1v) is 0. The molecule has 0 saturated carbocycles. The molecular weight excluding hydrogens is 761 g/mol. The number of hydrogen-bond acceptors (Lipinski definition) is 0. The van der Waals surface area contributed by atoms with Crippen molar-refractivity contribution in [2.75, 3.05) is 0 Å². The molecule has 0 aromatic carbocycles. The first-order valence-electron chi connectivity index (χ1n) is 0. The summed E-state index contributed by atoms with van der Waals surface area (Å²) in [7, 11) is 0. The van der Waals surface area contributed by atoms with Gasteiger partial charge in [0.2, 0.25) is 0 Å². The summed E-state index contributed by atoms with van der Waals surface area (Å²) in [5.41, 5.74) is 0. The Morgan fingerprint density at radius 3 is 0.250 bits per heavy atom. The van der Waals surface area contributed by atoms with E-state index >= 15 is 0 Å². The Labute approximate surface area is 78.1 Å². The van der Waals surface area contributed by atoms with Crippen molar-refractivity contribution in [3.8, 4) is 0 Å². The molecule has 0 bridgehead atoms. The normalized spacial score (nSPS) is 0. The van der Waals surface area contributed by atoms with Crippen molar-refractivity contribution in [1.82, 2.24) is 0 Å². The summed E-state index contributed by atoms with van der Waals surface area (Å²) in [6, 6.07) is 0. The van der Waals surface area contributed by atoms with Gasteiger partial charge in [-0.3, -0.25) is 0 Å². The Morgan fingerprint density at radius 2 is 0.250 bits per heavy atom. The second-order valence-corrected chi connectivity index (χ2v) is 0. The molecule has 0 heterocycles. The van der Waals surface area contributed by atoms with Gasteiger partial charge in [-0.1, -0.05) is 0 Å². The smallest absolute Gasteiger partial charge is 0 e. The van der Waals surface area contributed by atoms with Crippen LogP contribution in [0.3, 0.4) is 0 Å². The van der Waals surface area contributed by atoms with Crippen LogP contribution in [0.2, 0.25) is 0 Å². The maximum Gasteiger partial charge on any atom is 0 e. The van der Waals surface area contributed by atoms with Gasteiger partial charge in [0.15, 0.2) is 0 Å². The SMILES string of the molecule is [Os].[Os].[Os].[Os]. The summed E-state index contributed by atoms with van der Waals surface area (Å²) >= 11 is 0. The van der Waals surface area contributed by atoms with E-state index < -0.39 is 0 Å². The molecule has 4 heteroatoms. The molecule has 0 amide bonds. The van der Waals surface area contributed by atoms with Gasteiger partial charge < -0.3 is 0 Å². The van der Waals surface area contributed by atoms with Gasteiger partial charge in [0, 0.05) is 79.2 Å². The molecule has 0 aromatic heterocycles. The van der Waals surface area contributed by atoms with Crippen molar-refractivity contribution in [2.24, 2.45) is 0 Å². The fraction of sp³-hybridized carbons (Fsp3) is 0. The Morgan fingerprint density at radius 1 is 0.250 bits per heavy atom. The summed E-state index contributed by atoms with van der Waals surface area (Å²) in [5, 5.41) is 0. The molecule has 0 aromatic rings. The van der Waals surface area contributed by atoms with Gasteiger partial charge in [-0.15, -0.1) is 0 Å². The van der Waals surface area contributed by atoms with E-state index in [0.717, 1.165) is 0 Å². The first kappa shape index (κ1) is 31.1. The van der Waals surface area contributed by atoms with Crippen LogP contribution in [-0.4, -0.2) is 0 Å². The molecule has 0 spiro atoms. The average molecular weight is 761 g/mol. The molecule has 0 fully saturated rings. The van der Waals surface area contributed by atoms with Crippen LogP contribution in [0.4, 0.5) is 0 Å². The molecule has 0 nitrogen and oxygen atoms in total. The van der Waals surface area contributed by atoms with E-state index in [2.05, 4.69) is 0 Å². The van der Waals surface area contributed by atoms with Gasteiger partial charge in [0.05, 0.1) is 0 Å². The molecule has 0 aliphatic rings. The van der Waals surface area contributed by atoms with Crippen LogP contribution in [0, 0.1) is 0 Å². The van der Waals surface area contributed by atoms with Crippen LogP contribution in [-0.2, 0) is 79.2 Å². The third kappa shape index (κ3) is 8.82. The molecule has 0 unspecified atom stereocenters. The van der Waals surface area contributed by atoms with E-state index in [0.29, 0.717) is 0 Å². The molecule has 0 rings (SSSR count). The largest absolute Gasteiger partial charge is 0 e. The Bertz CT molecular complexity index is 0. The zero-order chi connectivity index (χ0) is 0. The minimum Gasteiger partial charge on any atom is 0 e. The summed E-state index contributed by atoms with van der Waals surface area (Å²) in [6.45, 7) is 0. The van der Waals surface area contributed by atoms with E-state index in [9.17, 15) is 0 Å². The van der Waals surface area contributed by atoms with Crippen molar-refractivity contribution in [2.45, 2.75) is 0 Å². The zero-order valence-electron chi connectivity index (χ0n) is 1.41. The predicted molar refractivity (Wildman–Crippen MR) is 0 cm³/mol. The maximum absolute atomic E-state index is 0. The molecule has 0 aliphatic heterocycles. The van der Waals surface area contributed by atoms with Crippen molar-refractivity contribution < 1.29 is 79.2 Å². The van der Waals surface area contributed by atoms with Gasteiger partial charge in [-0.25, -0.2) is 0 Å². The van der Waals surface area contributed by atoms with Gasteiger partial charge in [-0.2, -0.15) is 0 Å². The van der Waals surface area contributed by atoms with Gasteiger partial charge in [-0.05, 0) is 0 Å². The van der Waals surface area contributed by atoms with Gasteiger partial charge >= 0.3 is 0 Å². The van der Waals surface area contributed by atoms with E-state index in [4.69, 9.17) is 0 Å². The topological polar surface area (TPSA) is 0 Å². The molecule has 0 saturated heterocycles. The minimum absolute atomic E-state index is 0. The second-order valence-electron chi connectivity index (χ2n) is 0. The number of hydrogen-bond donors (Lipinski definition) is 0. The van der Waals surface area contributed by atoms with Gasteiger partial charge in [0.1, 0.15) is 0 Å². The zero-order valence-corrected chi connectivity index (χ0v) is 11.6. The van der Waals surface area contributed by atoms with E-state index in [1.54, 1.807) is 0 Å². The van der Waals surface area contributed by atoms with Crippen LogP contribution in [0.5, 0.6) is 0 Å². The van der Waals surface area contributed by atoms with E-state index in [1.165, 1.54) is 0 Å². The fourth-order valence-corrected chi connectivity index (χ4v) is 0. The van der Waals surface area contributed by atoms with Crippen molar-refractivity contribution in [1.29, 1.82) is 0 Å². The fourth-order valence-electron chi connectivity index (χ4n) is 0. The summed E-state index contributed by atoms with van der Waals surface area (Å²) in [5.74, 6) is 0. The molecule has 32 valence electrons. The molecule has 0 radical (unpaired) electrons. The maximum atomic E-state index is 0. The van der Waals surface area contributed by atoms with Crippen LogP contribution in [0.1, 0.15) is 0 Å². The summed E-state index contributed by atoms with van der Waals surface area (Å²) in [6.07, 6.45) is 0. The molecule has 4 heavy (non-hydrogen) atoms. The van der Waals surface area contributed by atoms with Crippen molar-refractivity contribution in [3.05, 3.63) is 0 Å². The summed E-state index contributed by atoms with van der Waals surface area (Å²) in [4.78, 5) is 0. The standard InChI is InChI=1S/4Os. The third-order valence-corrected chi connectivity index (χ3v) is 0. The number of rotatable bonds is 0. The molecule has 0 aliphatic carbocycles. The minimum atomic E-state index is 0. The average Bonchev–Trinajstić information content (AvgIpc) is 0. The molecule has 0 atom stereocenters. The first-order chi connectivity index (χ1) is 0. The van der Waals surface area contributed by atoms with Crippen LogP contribution in [0.15, 0.2) is 0 Å². The predicted octanol–water partition coefficient (Wildman–Crippen LogP) is -0.0100. The summed E-state index contributed by atoms with van der Waals surface area (Å²) < 4.78 is 0. The molecular formula is Os4. The Balaban J connectivity index is 0. The quantitative estimate of drug-likeness (QED) is 0.327. The molecule has 0 N–H and O–H groups in total. The van der Waals surface area contributed by atoms with Crippen molar-refractivity contribution in [3.63, 3.8) is 0 Å². The van der Waals surface area contributed by atoms with E-state index in [-0.39, 0.29) is 79.2 Å². The monoisotopic (exact) mass is 768 g/mol. The third-order valence-electron chi connectivity index (χ3n) is 0. The Hall–Kier alpha value is 2.55.